The van der Waals surface area contributed by atoms with E-state index in [9.17, 15) is 4.79 Å². The number of hydrogen-bond acceptors (Lipinski definition) is 1. The first-order chi connectivity index (χ1) is 7.53. The molecule has 0 spiro atoms. The zero-order chi connectivity index (χ0) is 11.5. The predicted molar refractivity (Wildman–Crippen MR) is 64.5 cm³/mol. The van der Waals surface area contributed by atoms with Gasteiger partial charge in [-0.15, -0.1) is 0 Å². The number of ketones is 1. The van der Waals surface area contributed by atoms with E-state index in [-0.39, 0.29) is 5.41 Å². The van der Waals surface area contributed by atoms with Crippen molar-refractivity contribution in [3.8, 4) is 0 Å². The van der Waals surface area contributed by atoms with Crippen molar-refractivity contribution >= 4 is 5.78 Å². The average molecular weight is 214 g/mol. The van der Waals surface area contributed by atoms with Crippen molar-refractivity contribution in [2.24, 2.45) is 11.3 Å². The third-order valence-electron chi connectivity index (χ3n) is 4.62. The highest BCUT2D eigenvalue weighted by Gasteiger charge is 2.58. The summed E-state index contributed by atoms with van der Waals surface area (Å²) in [6.45, 7) is 6.44. The Morgan fingerprint density at radius 3 is 2.50 bits per heavy atom. The largest absolute Gasteiger partial charge is 0.299 e. The fourth-order valence-electron chi connectivity index (χ4n) is 3.79. The molecule has 3 unspecified atom stereocenters. The van der Waals surface area contributed by atoms with E-state index in [0.29, 0.717) is 23.5 Å². The van der Waals surface area contributed by atoms with Gasteiger partial charge in [0.2, 0.25) is 0 Å². The molecule has 0 bridgehead atoms. The Balaban J connectivity index is 2.13. The van der Waals surface area contributed by atoms with Gasteiger partial charge in [-0.3, -0.25) is 4.79 Å². The molecular weight excluding hydrogens is 196 g/mol. The molecule has 1 aromatic rings. The Morgan fingerprint density at radius 2 is 1.81 bits per heavy atom. The number of fused-ring (bicyclic) bond motifs is 3. The van der Waals surface area contributed by atoms with Gasteiger partial charge in [-0.05, 0) is 23.5 Å². The van der Waals surface area contributed by atoms with Crippen LogP contribution in [0.15, 0.2) is 24.3 Å². The number of carbonyl (C=O) groups is 1. The first kappa shape index (κ1) is 10.1. The third kappa shape index (κ3) is 1.04. The van der Waals surface area contributed by atoms with Gasteiger partial charge in [0.15, 0.2) is 0 Å². The predicted octanol–water partition coefficient (Wildman–Crippen LogP) is 3.50. The molecule has 1 fully saturated rings. The number of Topliss-reactive ketones (excluding diaryl/α,β-unsaturated/α-hetero) is 1. The van der Waals surface area contributed by atoms with E-state index in [4.69, 9.17) is 0 Å². The minimum absolute atomic E-state index is 0.138. The van der Waals surface area contributed by atoms with Crippen LogP contribution >= 0.6 is 0 Å². The number of rotatable bonds is 0. The zero-order valence-electron chi connectivity index (χ0n) is 10.2. The molecule has 0 amide bonds. The molecule has 0 heterocycles. The summed E-state index contributed by atoms with van der Waals surface area (Å²) in [5, 5.41) is 0. The van der Waals surface area contributed by atoms with Crippen molar-refractivity contribution in [2.75, 3.05) is 0 Å². The molecule has 3 atom stereocenters. The molecular formula is C15H18O. The minimum atomic E-state index is -0.138. The third-order valence-corrected chi connectivity index (χ3v) is 4.62. The fraction of sp³-hybridized carbons (Fsp3) is 0.533. The topological polar surface area (TPSA) is 17.1 Å². The summed E-state index contributed by atoms with van der Waals surface area (Å²) in [5.41, 5.74) is 2.75. The van der Waals surface area contributed by atoms with Crippen molar-refractivity contribution in [1.29, 1.82) is 0 Å². The van der Waals surface area contributed by atoms with Crippen LogP contribution in [0.5, 0.6) is 0 Å². The van der Waals surface area contributed by atoms with E-state index in [1.807, 2.05) is 0 Å². The quantitative estimate of drug-likeness (QED) is 0.646. The monoisotopic (exact) mass is 214 g/mol. The molecule has 1 heteroatoms. The van der Waals surface area contributed by atoms with Crippen LogP contribution in [0.3, 0.4) is 0 Å². The van der Waals surface area contributed by atoms with Gasteiger partial charge in [0.1, 0.15) is 5.78 Å². The minimum Gasteiger partial charge on any atom is -0.299 e. The van der Waals surface area contributed by atoms with Gasteiger partial charge in [-0.2, -0.15) is 0 Å². The molecule has 16 heavy (non-hydrogen) atoms. The zero-order valence-corrected chi connectivity index (χ0v) is 10.2. The summed E-state index contributed by atoms with van der Waals surface area (Å²) in [6, 6.07) is 8.67. The maximum Gasteiger partial charge on any atom is 0.142 e. The summed E-state index contributed by atoms with van der Waals surface area (Å²) in [6.07, 6.45) is 1.05. The first-order valence-corrected chi connectivity index (χ1v) is 6.16. The van der Waals surface area contributed by atoms with Crippen molar-refractivity contribution in [3.63, 3.8) is 0 Å². The molecule has 1 aromatic carbocycles. The van der Waals surface area contributed by atoms with Gasteiger partial charge in [-0.25, -0.2) is 0 Å². The van der Waals surface area contributed by atoms with Crippen LogP contribution in [-0.2, 0) is 4.79 Å². The van der Waals surface area contributed by atoms with E-state index in [0.717, 1.165) is 6.42 Å². The summed E-state index contributed by atoms with van der Waals surface area (Å²) >= 11 is 0. The number of hydrogen-bond donors (Lipinski definition) is 0. The van der Waals surface area contributed by atoms with Gasteiger partial charge in [-0.1, -0.05) is 45.0 Å². The maximum absolute atomic E-state index is 12.1. The van der Waals surface area contributed by atoms with Crippen LogP contribution in [0, 0.1) is 11.3 Å². The molecule has 2 aliphatic rings. The lowest BCUT2D eigenvalue weighted by Gasteiger charge is -2.54. The van der Waals surface area contributed by atoms with Crippen LogP contribution in [-0.4, -0.2) is 5.78 Å². The highest BCUT2D eigenvalue weighted by Crippen LogP contribution is 2.60. The Labute approximate surface area is 96.9 Å². The highest BCUT2D eigenvalue weighted by atomic mass is 16.1. The first-order valence-electron chi connectivity index (χ1n) is 6.16. The summed E-state index contributed by atoms with van der Waals surface area (Å²) < 4.78 is 0. The number of carbonyl (C=O) groups excluding carboxylic acids is 1. The van der Waals surface area contributed by atoms with Crippen molar-refractivity contribution in [1.82, 2.24) is 0 Å². The van der Waals surface area contributed by atoms with Gasteiger partial charge < -0.3 is 0 Å². The molecule has 1 saturated carbocycles. The highest BCUT2D eigenvalue weighted by molar-refractivity contribution is 5.95. The molecule has 0 aliphatic heterocycles. The van der Waals surface area contributed by atoms with Crippen LogP contribution in [0.1, 0.15) is 50.2 Å². The molecule has 3 rings (SSSR count). The van der Waals surface area contributed by atoms with Crippen LogP contribution < -0.4 is 0 Å². The SMILES string of the molecule is CC1CC2C(=O)C(C)(C)C2c2ccccc21. The van der Waals surface area contributed by atoms with Crippen LogP contribution in [0.25, 0.3) is 0 Å². The Kier molecular flexibility index (Phi) is 1.87. The lowest BCUT2D eigenvalue weighted by molar-refractivity contribution is -0.148. The van der Waals surface area contributed by atoms with E-state index in [2.05, 4.69) is 45.0 Å². The Bertz CT molecular complexity index is 458. The van der Waals surface area contributed by atoms with E-state index >= 15 is 0 Å². The number of benzene rings is 1. The molecule has 2 aliphatic carbocycles. The normalized spacial score (nSPS) is 34.9. The molecule has 84 valence electrons. The van der Waals surface area contributed by atoms with E-state index in [1.165, 1.54) is 11.1 Å². The van der Waals surface area contributed by atoms with Gasteiger partial charge >= 0.3 is 0 Å². The van der Waals surface area contributed by atoms with E-state index < -0.39 is 0 Å². The smallest absolute Gasteiger partial charge is 0.142 e. The fourth-order valence-corrected chi connectivity index (χ4v) is 3.79. The average Bonchev–Trinajstić information content (AvgIpc) is 2.28. The maximum atomic E-state index is 12.1. The van der Waals surface area contributed by atoms with Gasteiger partial charge in [0, 0.05) is 17.3 Å². The second-order valence-corrected chi connectivity index (χ2v) is 5.94. The lowest BCUT2D eigenvalue weighted by atomic mass is 9.47. The van der Waals surface area contributed by atoms with Crippen LogP contribution in [0.4, 0.5) is 0 Å². The lowest BCUT2D eigenvalue weighted by Crippen LogP contribution is -2.54. The van der Waals surface area contributed by atoms with E-state index in [1.54, 1.807) is 0 Å². The molecule has 0 N–H and O–H groups in total. The summed E-state index contributed by atoms with van der Waals surface area (Å²) in [4.78, 5) is 12.1. The van der Waals surface area contributed by atoms with Gasteiger partial charge in [0.25, 0.3) is 0 Å². The standard InChI is InChI=1S/C15H18O/c1-9-8-12-13(15(2,3)14(12)16)11-7-5-4-6-10(9)11/h4-7,9,12-13H,8H2,1-3H3. The summed E-state index contributed by atoms with van der Waals surface area (Å²) in [7, 11) is 0. The Morgan fingerprint density at radius 1 is 1.19 bits per heavy atom. The van der Waals surface area contributed by atoms with Crippen molar-refractivity contribution < 1.29 is 4.79 Å². The summed E-state index contributed by atoms with van der Waals surface area (Å²) in [5.74, 6) is 1.77. The van der Waals surface area contributed by atoms with Crippen LogP contribution in [0.2, 0.25) is 0 Å². The molecule has 0 radical (unpaired) electrons. The van der Waals surface area contributed by atoms with Crippen molar-refractivity contribution in [3.05, 3.63) is 35.4 Å². The molecule has 0 aromatic heterocycles. The van der Waals surface area contributed by atoms with Crippen molar-refractivity contribution in [2.45, 2.75) is 39.0 Å². The van der Waals surface area contributed by atoms with Gasteiger partial charge in [0.05, 0.1) is 0 Å². The molecule has 1 nitrogen and oxygen atoms in total. The Hall–Kier alpha value is -1.11. The second kappa shape index (κ2) is 2.97. The molecule has 0 saturated heterocycles. The second-order valence-electron chi connectivity index (χ2n) is 5.94.